The van der Waals surface area contributed by atoms with Crippen LogP contribution >= 0.6 is 11.8 Å². The van der Waals surface area contributed by atoms with E-state index in [1.165, 1.54) is 36.7 Å². The maximum absolute atomic E-state index is 13.7. The van der Waals surface area contributed by atoms with Crippen molar-refractivity contribution in [3.05, 3.63) is 136 Å². The summed E-state index contributed by atoms with van der Waals surface area (Å²) in [6.45, 7) is 3.51. The predicted molar refractivity (Wildman–Crippen MR) is 196 cm³/mol. The van der Waals surface area contributed by atoms with Gasteiger partial charge in [-0.05, 0) is 74.5 Å². The molecule has 11 nitrogen and oxygen atoms in total. The van der Waals surface area contributed by atoms with Gasteiger partial charge in [-0.1, -0.05) is 42.5 Å². The van der Waals surface area contributed by atoms with E-state index < -0.39 is 17.1 Å². The summed E-state index contributed by atoms with van der Waals surface area (Å²) in [5.41, 5.74) is 2.52. The molecule has 1 heterocycles. The molecule has 1 unspecified atom stereocenters. The second-order valence-corrected chi connectivity index (χ2v) is 12.6. The fourth-order valence-electron chi connectivity index (χ4n) is 5.08. The van der Waals surface area contributed by atoms with Crippen molar-refractivity contribution >= 4 is 46.9 Å². The Bertz CT molecular complexity index is 2110. The number of para-hydroxylation sites is 1. The second-order valence-electron chi connectivity index (χ2n) is 11.2. The van der Waals surface area contributed by atoms with E-state index in [-0.39, 0.29) is 22.9 Å². The van der Waals surface area contributed by atoms with Crippen molar-refractivity contribution in [1.29, 1.82) is 0 Å². The molecule has 5 aromatic rings. The van der Waals surface area contributed by atoms with Crippen LogP contribution in [0, 0.1) is 6.92 Å². The lowest BCUT2D eigenvalue weighted by Crippen LogP contribution is -2.30. The zero-order valence-electron chi connectivity index (χ0n) is 28.2. The van der Waals surface area contributed by atoms with Gasteiger partial charge in [-0.2, -0.15) is 0 Å². The van der Waals surface area contributed by atoms with Gasteiger partial charge in [0.25, 0.3) is 17.4 Å². The van der Waals surface area contributed by atoms with E-state index in [4.69, 9.17) is 9.47 Å². The number of benzene rings is 4. The maximum Gasteiger partial charge on any atom is 0.295 e. The monoisotopic (exact) mass is 691 g/mol. The van der Waals surface area contributed by atoms with Crippen LogP contribution < -0.4 is 31.0 Å². The van der Waals surface area contributed by atoms with Crippen molar-refractivity contribution in [3.8, 4) is 17.2 Å². The lowest BCUT2D eigenvalue weighted by atomic mass is 10.1. The zero-order chi connectivity index (χ0) is 35.8. The molecular formula is C38H37N5O6S. The molecule has 0 aliphatic heterocycles. The molecular weight excluding hydrogens is 655 g/mol. The summed E-state index contributed by atoms with van der Waals surface area (Å²) in [4.78, 5) is 54.1. The molecule has 0 fully saturated rings. The SMILES string of the molecule is COc1ccc(/C=C(/NC(=O)c2ccccc2)C(=O)Nc2cccc(SC(C)C(=O)Nc3c(C)n(C)n(-c4ccccc4)c3=O)c2)c(OC)c1. The van der Waals surface area contributed by atoms with Crippen molar-refractivity contribution in [2.75, 3.05) is 24.9 Å². The van der Waals surface area contributed by atoms with Crippen LogP contribution in [0.5, 0.6) is 11.5 Å². The molecule has 4 aromatic carbocycles. The summed E-state index contributed by atoms with van der Waals surface area (Å²) >= 11 is 1.27. The number of aromatic nitrogens is 2. The van der Waals surface area contributed by atoms with Crippen LogP contribution in [0.2, 0.25) is 0 Å². The van der Waals surface area contributed by atoms with Crippen LogP contribution in [0.25, 0.3) is 11.8 Å². The first-order valence-electron chi connectivity index (χ1n) is 15.6. The highest BCUT2D eigenvalue weighted by atomic mass is 32.2. The standard InChI is InChI=1S/C38H37N5O6S/c1-24-34(38(47)43(42(24)3)29-16-10-7-11-17-29)41-35(44)25(2)50-31-18-12-15-28(22-31)39-37(46)32(40-36(45)26-13-8-6-9-14-26)21-27-19-20-30(48-4)23-33(27)49-5/h6-23,25H,1-5H3,(H,39,46)(H,40,45)(H,41,44)/b32-21+. The number of nitrogens with one attached hydrogen (secondary N) is 3. The highest BCUT2D eigenvalue weighted by Gasteiger charge is 2.22. The lowest BCUT2D eigenvalue weighted by Gasteiger charge is -2.14. The molecule has 50 heavy (non-hydrogen) atoms. The van der Waals surface area contributed by atoms with Gasteiger partial charge in [0.2, 0.25) is 5.91 Å². The topological polar surface area (TPSA) is 133 Å². The number of carbonyl (C=O) groups excluding carboxylic acids is 3. The Kier molecular flexibility index (Phi) is 11.2. The summed E-state index contributed by atoms with van der Waals surface area (Å²) in [6.07, 6.45) is 1.52. The van der Waals surface area contributed by atoms with Crippen LogP contribution in [-0.2, 0) is 16.6 Å². The Balaban J connectivity index is 1.33. The summed E-state index contributed by atoms with van der Waals surface area (Å²) < 4.78 is 14.0. The molecule has 1 atom stereocenters. The van der Waals surface area contributed by atoms with Crippen molar-refractivity contribution in [3.63, 3.8) is 0 Å². The van der Waals surface area contributed by atoms with E-state index in [0.717, 1.165) is 0 Å². The quantitative estimate of drug-likeness (QED) is 0.108. The number of thioether (sulfide) groups is 1. The smallest absolute Gasteiger partial charge is 0.295 e. The van der Waals surface area contributed by atoms with E-state index in [2.05, 4.69) is 16.0 Å². The van der Waals surface area contributed by atoms with Crippen LogP contribution in [0.4, 0.5) is 11.4 Å². The minimum absolute atomic E-state index is 0.0208. The summed E-state index contributed by atoms with van der Waals surface area (Å²) in [5, 5.41) is 7.80. The van der Waals surface area contributed by atoms with Gasteiger partial charge in [-0.3, -0.25) is 23.9 Å². The number of methoxy groups -OCH3 is 2. The molecule has 0 saturated carbocycles. The minimum Gasteiger partial charge on any atom is -0.497 e. The summed E-state index contributed by atoms with van der Waals surface area (Å²) in [5.74, 6) is -0.377. The molecule has 3 N–H and O–H groups in total. The number of ether oxygens (including phenoxy) is 2. The van der Waals surface area contributed by atoms with E-state index >= 15 is 0 Å². The summed E-state index contributed by atoms with van der Waals surface area (Å²) in [7, 11) is 4.80. The fourth-order valence-corrected chi connectivity index (χ4v) is 6.00. The van der Waals surface area contributed by atoms with Gasteiger partial charge >= 0.3 is 0 Å². The van der Waals surface area contributed by atoms with Gasteiger partial charge in [0.1, 0.15) is 22.9 Å². The van der Waals surface area contributed by atoms with Crippen LogP contribution in [0.3, 0.4) is 0 Å². The van der Waals surface area contributed by atoms with Gasteiger partial charge in [-0.15, -0.1) is 11.8 Å². The third-order valence-electron chi connectivity index (χ3n) is 7.85. The van der Waals surface area contributed by atoms with Crippen molar-refractivity contribution in [1.82, 2.24) is 14.7 Å². The van der Waals surface area contributed by atoms with Gasteiger partial charge in [0.05, 0.1) is 30.9 Å². The third-order valence-corrected chi connectivity index (χ3v) is 8.94. The first-order valence-corrected chi connectivity index (χ1v) is 16.5. The number of anilines is 2. The van der Waals surface area contributed by atoms with E-state index in [1.807, 2.05) is 36.4 Å². The van der Waals surface area contributed by atoms with Crippen LogP contribution in [0.15, 0.2) is 119 Å². The third kappa shape index (κ3) is 8.16. The first kappa shape index (κ1) is 35.3. The van der Waals surface area contributed by atoms with Crippen molar-refractivity contribution in [2.24, 2.45) is 7.05 Å². The highest BCUT2D eigenvalue weighted by Crippen LogP contribution is 2.29. The molecule has 3 amide bonds. The average Bonchev–Trinajstić information content (AvgIpc) is 3.34. The largest absolute Gasteiger partial charge is 0.497 e. The molecule has 0 aliphatic carbocycles. The predicted octanol–water partition coefficient (Wildman–Crippen LogP) is 6.03. The zero-order valence-corrected chi connectivity index (χ0v) is 29.0. The molecule has 0 aliphatic rings. The molecule has 1 aromatic heterocycles. The Hall–Kier alpha value is -6.01. The van der Waals surface area contributed by atoms with E-state index in [1.54, 1.807) is 92.3 Å². The molecule has 5 rings (SSSR count). The van der Waals surface area contributed by atoms with Gasteiger partial charge in [-0.25, -0.2) is 4.68 Å². The normalized spacial score (nSPS) is 11.7. The molecule has 0 radical (unpaired) electrons. The van der Waals surface area contributed by atoms with Crippen molar-refractivity contribution in [2.45, 2.75) is 24.0 Å². The van der Waals surface area contributed by atoms with E-state index in [0.29, 0.717) is 44.6 Å². The van der Waals surface area contributed by atoms with E-state index in [9.17, 15) is 19.2 Å². The number of carbonyl (C=O) groups is 3. The van der Waals surface area contributed by atoms with Crippen LogP contribution in [-0.4, -0.2) is 46.6 Å². The Morgan fingerprint density at radius 1 is 0.840 bits per heavy atom. The number of nitrogens with zero attached hydrogens (tertiary/aromatic N) is 2. The average molecular weight is 692 g/mol. The Labute approximate surface area is 293 Å². The number of amides is 3. The minimum atomic E-state index is -0.590. The lowest BCUT2D eigenvalue weighted by molar-refractivity contribution is -0.115. The van der Waals surface area contributed by atoms with Gasteiger partial charge in [0, 0.05) is 34.8 Å². The van der Waals surface area contributed by atoms with Gasteiger partial charge in [0.15, 0.2) is 0 Å². The molecule has 0 bridgehead atoms. The Morgan fingerprint density at radius 2 is 1.54 bits per heavy atom. The molecule has 0 saturated heterocycles. The highest BCUT2D eigenvalue weighted by molar-refractivity contribution is 8.00. The second kappa shape index (κ2) is 15.9. The Morgan fingerprint density at radius 3 is 2.22 bits per heavy atom. The fraction of sp³-hybridized carbons (Fsp3) is 0.158. The summed E-state index contributed by atoms with van der Waals surface area (Å²) in [6, 6.07) is 29.9. The molecule has 12 heteroatoms. The van der Waals surface area contributed by atoms with Crippen LogP contribution in [0.1, 0.15) is 28.5 Å². The number of hydrogen-bond acceptors (Lipinski definition) is 7. The molecule has 0 spiro atoms. The number of hydrogen-bond donors (Lipinski definition) is 3. The first-order chi connectivity index (χ1) is 24.1. The molecule has 256 valence electrons. The number of rotatable bonds is 12. The van der Waals surface area contributed by atoms with Crippen molar-refractivity contribution < 1.29 is 23.9 Å². The van der Waals surface area contributed by atoms with Gasteiger partial charge < -0.3 is 25.4 Å². The maximum atomic E-state index is 13.7.